The molecule has 0 unspecified atom stereocenters. The van der Waals surface area contributed by atoms with Gasteiger partial charge in [0.2, 0.25) is 0 Å². The van der Waals surface area contributed by atoms with Gasteiger partial charge in [-0.25, -0.2) is 18.7 Å². The summed E-state index contributed by atoms with van der Waals surface area (Å²) in [5.41, 5.74) is 4.30. The molecule has 0 aliphatic carbocycles. The van der Waals surface area contributed by atoms with Crippen molar-refractivity contribution in [2.75, 3.05) is 25.0 Å². The van der Waals surface area contributed by atoms with E-state index in [1.807, 2.05) is 73.2 Å². The molecule has 6 aromatic rings. The number of halogens is 6. The zero-order valence-corrected chi connectivity index (χ0v) is 35.9. The lowest BCUT2D eigenvalue weighted by Crippen LogP contribution is -2.13. The first-order chi connectivity index (χ1) is 27.8. The minimum absolute atomic E-state index is 0.0136. The summed E-state index contributed by atoms with van der Waals surface area (Å²) in [5, 5.41) is 0.0272. The lowest BCUT2D eigenvalue weighted by atomic mass is 10.1. The maximum absolute atomic E-state index is 13.6. The predicted octanol–water partition coefficient (Wildman–Crippen LogP) is 12.2. The van der Waals surface area contributed by atoms with Gasteiger partial charge in [-0.05, 0) is 85.3 Å². The van der Waals surface area contributed by atoms with Crippen LogP contribution in [0.3, 0.4) is 0 Å². The van der Waals surface area contributed by atoms with Crippen LogP contribution in [0.25, 0.3) is 44.8 Å². The summed E-state index contributed by atoms with van der Waals surface area (Å²) >= 11 is 23.4. The van der Waals surface area contributed by atoms with Crippen molar-refractivity contribution >= 4 is 80.0 Å². The van der Waals surface area contributed by atoms with Gasteiger partial charge in [0.05, 0.1) is 58.4 Å². The number of aromatic nitrogens is 4. The number of carbonyl (C=O) groups excluding carboxylic acids is 2. The number of nitrogens with zero attached hydrogens (tertiary/aromatic N) is 4. The first-order valence-electron chi connectivity index (χ1n) is 19.1. The molecule has 0 aliphatic rings. The minimum atomic E-state index is -0.496. The molecular formula is C44H46Cl4F2N4O4. The Kier molecular flexibility index (Phi) is 16.4. The van der Waals surface area contributed by atoms with E-state index in [-0.39, 0.29) is 46.5 Å². The summed E-state index contributed by atoms with van der Waals surface area (Å²) in [5.74, 6) is 3.30. The second-order valence-electron chi connectivity index (χ2n) is 14.7. The van der Waals surface area contributed by atoms with E-state index in [4.69, 9.17) is 60.9 Å². The molecule has 0 saturated heterocycles. The number of hydrogen-bond donors (Lipinski definition) is 0. The summed E-state index contributed by atoms with van der Waals surface area (Å²) in [6.45, 7) is 9.42. The van der Waals surface area contributed by atoms with Crippen molar-refractivity contribution < 1.29 is 27.8 Å². The average Bonchev–Trinajstić information content (AvgIpc) is 3.71. The Morgan fingerprint density at radius 2 is 1.09 bits per heavy atom. The van der Waals surface area contributed by atoms with Crippen molar-refractivity contribution in [1.82, 2.24) is 19.1 Å². The van der Waals surface area contributed by atoms with Crippen molar-refractivity contribution in [3.63, 3.8) is 0 Å². The second-order valence-corrected chi connectivity index (χ2v) is 16.2. The van der Waals surface area contributed by atoms with Crippen LogP contribution in [0.5, 0.6) is 11.5 Å². The minimum Gasteiger partial charge on any atom is -0.493 e. The predicted molar refractivity (Wildman–Crippen MR) is 231 cm³/mol. The molecule has 2 aromatic heterocycles. The molecule has 0 bridgehead atoms. The number of imidazole rings is 2. The number of benzene rings is 4. The summed E-state index contributed by atoms with van der Waals surface area (Å²) in [6, 6.07) is 20.0. The van der Waals surface area contributed by atoms with E-state index in [1.165, 1.54) is 24.3 Å². The largest absolute Gasteiger partial charge is 0.493 e. The van der Waals surface area contributed by atoms with Crippen molar-refractivity contribution in [3.8, 4) is 34.3 Å². The van der Waals surface area contributed by atoms with E-state index in [0.717, 1.165) is 29.4 Å². The molecule has 58 heavy (non-hydrogen) atoms. The number of ketones is 2. The zero-order valence-electron chi connectivity index (χ0n) is 32.8. The highest BCUT2D eigenvalue weighted by Gasteiger charge is 2.20. The van der Waals surface area contributed by atoms with Gasteiger partial charge in [-0.2, -0.15) is 0 Å². The first-order valence-corrected chi connectivity index (χ1v) is 20.9. The van der Waals surface area contributed by atoms with Crippen molar-refractivity contribution in [3.05, 3.63) is 94.5 Å². The van der Waals surface area contributed by atoms with Crippen molar-refractivity contribution in [2.45, 2.75) is 66.5 Å². The van der Waals surface area contributed by atoms with Gasteiger partial charge < -0.3 is 18.6 Å². The van der Waals surface area contributed by atoms with Crippen LogP contribution in [0.15, 0.2) is 72.8 Å². The topological polar surface area (TPSA) is 88.2 Å². The Labute approximate surface area is 357 Å². The number of alkyl halides is 2. The van der Waals surface area contributed by atoms with Crippen molar-refractivity contribution in [1.29, 1.82) is 0 Å². The molecule has 6 rings (SSSR count). The normalized spacial score (nSPS) is 11.4. The van der Waals surface area contributed by atoms with E-state index in [0.29, 0.717) is 77.6 Å². The zero-order chi connectivity index (χ0) is 41.9. The third-order valence-corrected chi connectivity index (χ3v) is 9.94. The number of hydrogen-bond acceptors (Lipinski definition) is 6. The molecule has 2 heterocycles. The Balaban J connectivity index is 0.000000221. The fourth-order valence-corrected chi connectivity index (χ4v) is 6.88. The summed E-state index contributed by atoms with van der Waals surface area (Å²) in [6.07, 6.45) is 2.43. The molecule has 0 radical (unpaired) electrons. The smallest absolute Gasteiger partial charge is 0.152 e. The number of ether oxygens (including phenoxy) is 2. The van der Waals surface area contributed by atoms with E-state index >= 15 is 0 Å². The number of carbonyl (C=O) groups is 2. The third kappa shape index (κ3) is 11.9. The van der Waals surface area contributed by atoms with Crippen LogP contribution in [0.1, 0.15) is 53.4 Å². The maximum atomic E-state index is 13.6. The molecule has 0 amide bonds. The van der Waals surface area contributed by atoms with E-state index < -0.39 is 11.6 Å². The van der Waals surface area contributed by atoms with Gasteiger partial charge in [-0.1, -0.05) is 50.9 Å². The van der Waals surface area contributed by atoms with Crippen LogP contribution in [0.2, 0.25) is 10.0 Å². The van der Waals surface area contributed by atoms with E-state index in [9.17, 15) is 18.4 Å². The highest BCUT2D eigenvalue weighted by Crippen LogP contribution is 2.32. The molecular weight excluding hydrogens is 828 g/mol. The third-order valence-electron chi connectivity index (χ3n) is 8.83. The van der Waals surface area contributed by atoms with Crippen LogP contribution in [0.4, 0.5) is 8.78 Å². The van der Waals surface area contributed by atoms with E-state index in [2.05, 4.69) is 4.98 Å². The molecule has 8 nitrogen and oxygen atoms in total. The molecule has 0 saturated carbocycles. The molecule has 4 aromatic carbocycles. The molecule has 0 atom stereocenters. The molecule has 0 N–H and O–H groups in total. The van der Waals surface area contributed by atoms with Crippen LogP contribution in [-0.2, 0) is 22.7 Å². The quantitative estimate of drug-likeness (QED) is 0.0631. The lowest BCUT2D eigenvalue weighted by molar-refractivity contribution is -0.121. The Morgan fingerprint density at radius 1 is 0.621 bits per heavy atom. The highest BCUT2D eigenvalue weighted by atomic mass is 35.5. The molecule has 308 valence electrons. The Morgan fingerprint density at radius 3 is 1.57 bits per heavy atom. The van der Waals surface area contributed by atoms with Gasteiger partial charge in [0.25, 0.3) is 0 Å². The highest BCUT2D eigenvalue weighted by molar-refractivity contribution is 6.31. The lowest BCUT2D eigenvalue weighted by Gasteiger charge is -2.11. The number of fused-ring (bicyclic) bond motifs is 2. The molecule has 0 spiro atoms. The van der Waals surface area contributed by atoms with Crippen LogP contribution in [0, 0.1) is 23.5 Å². The standard InChI is InChI=1S/2C22H23Cl2FN2O2/c1-14(2)10-16(28)13-27-21-7-5-17(29-9-3-8-23)12-20(21)26-22(27)15-4-6-19(25)18(24)11-15;1-14(2)10-16(28)13-27-21-12-17(29-9-3-8-23)5-7-20(21)26-22(27)15-4-6-19(25)18(24)11-15/h2*4-7,11-12,14H,3,8-10,13H2,1-2H3. The van der Waals surface area contributed by atoms with E-state index in [1.54, 1.807) is 12.1 Å². The van der Waals surface area contributed by atoms with Crippen LogP contribution >= 0.6 is 46.4 Å². The van der Waals surface area contributed by atoms with Crippen molar-refractivity contribution in [2.24, 2.45) is 11.8 Å². The molecule has 0 aliphatic heterocycles. The fourth-order valence-electron chi connectivity index (χ4n) is 6.30. The summed E-state index contributed by atoms with van der Waals surface area (Å²) < 4.78 is 42.4. The second kappa shape index (κ2) is 21.2. The summed E-state index contributed by atoms with van der Waals surface area (Å²) in [4.78, 5) is 34.5. The number of rotatable bonds is 18. The molecule has 14 heteroatoms. The van der Waals surface area contributed by atoms with Gasteiger partial charge in [0, 0.05) is 47.9 Å². The number of Topliss-reactive ketones (excluding diaryl/α,β-unsaturated/α-hetero) is 2. The van der Waals surface area contributed by atoms with Gasteiger partial charge in [0.1, 0.15) is 34.8 Å². The van der Waals surface area contributed by atoms with Gasteiger partial charge in [-0.15, -0.1) is 23.2 Å². The SMILES string of the molecule is CC(C)CC(=O)Cn1c(-c2ccc(F)c(Cl)c2)nc2cc(OCCCCl)ccc21.CC(C)CC(=O)Cn1c(-c2ccc(F)c(Cl)c2)nc2ccc(OCCCCl)cc21. The van der Waals surface area contributed by atoms with Gasteiger partial charge >= 0.3 is 0 Å². The monoisotopic (exact) mass is 872 g/mol. The molecule has 0 fully saturated rings. The summed E-state index contributed by atoms with van der Waals surface area (Å²) in [7, 11) is 0. The maximum Gasteiger partial charge on any atom is 0.152 e. The van der Waals surface area contributed by atoms with Gasteiger partial charge in [-0.3, -0.25) is 9.59 Å². The van der Waals surface area contributed by atoms with Crippen LogP contribution < -0.4 is 9.47 Å². The van der Waals surface area contributed by atoms with Crippen LogP contribution in [-0.4, -0.2) is 55.6 Å². The first kappa shape index (κ1) is 44.9. The Bertz CT molecular complexity index is 2310. The Hall–Kier alpha value is -4.22. The van der Waals surface area contributed by atoms with Gasteiger partial charge in [0.15, 0.2) is 11.6 Å². The fraction of sp³-hybridized carbons (Fsp3) is 0.364. The average molecular weight is 875 g/mol.